The van der Waals surface area contributed by atoms with Crippen LogP contribution in [0.3, 0.4) is 0 Å². The van der Waals surface area contributed by atoms with Gasteiger partial charge in [0.15, 0.2) is 5.82 Å². The predicted octanol–water partition coefficient (Wildman–Crippen LogP) is 1.95. The molecule has 2 rings (SSSR count). The normalized spacial score (nSPS) is 18.0. The molecule has 1 aliphatic carbocycles. The number of aliphatic hydroxyl groups excluding tert-OH is 1. The lowest BCUT2D eigenvalue weighted by atomic mass is 10.3. The van der Waals surface area contributed by atoms with Gasteiger partial charge in [0, 0.05) is 17.8 Å². The third-order valence-electron chi connectivity index (χ3n) is 2.44. The van der Waals surface area contributed by atoms with Crippen LogP contribution >= 0.6 is 11.8 Å². The van der Waals surface area contributed by atoms with E-state index < -0.39 is 0 Å². The topological polar surface area (TPSA) is 59.2 Å². The Labute approximate surface area is 93.4 Å². The summed E-state index contributed by atoms with van der Waals surface area (Å²) in [6.07, 6.45) is 3.20. The van der Waals surface area contributed by atoms with Gasteiger partial charge in [-0.1, -0.05) is 12.1 Å². The molecule has 1 N–H and O–H groups in total. The second-order valence-electron chi connectivity index (χ2n) is 3.96. The van der Waals surface area contributed by atoms with Crippen molar-refractivity contribution >= 4 is 11.8 Å². The Kier molecular flexibility index (Phi) is 3.64. The number of aromatic nitrogens is 2. The first-order chi connectivity index (χ1) is 7.29. The molecule has 1 saturated carbocycles. The number of thioether (sulfide) groups is 1. The average molecular weight is 228 g/mol. The van der Waals surface area contributed by atoms with Crippen LogP contribution in [0.25, 0.3) is 0 Å². The molecule has 1 unspecified atom stereocenters. The molecule has 1 aromatic heterocycles. The van der Waals surface area contributed by atoms with E-state index in [2.05, 4.69) is 17.1 Å². The summed E-state index contributed by atoms with van der Waals surface area (Å²) in [7, 11) is 0. The molecular formula is C10H16N2O2S. The highest BCUT2D eigenvalue weighted by molar-refractivity contribution is 7.99. The Hall–Kier alpha value is -0.550. The molecular weight excluding hydrogens is 212 g/mol. The molecule has 1 aromatic rings. The lowest BCUT2D eigenvalue weighted by molar-refractivity contribution is 0.289. The van der Waals surface area contributed by atoms with E-state index in [1.807, 2.05) is 0 Å². The van der Waals surface area contributed by atoms with Crippen molar-refractivity contribution in [2.75, 3.05) is 6.61 Å². The van der Waals surface area contributed by atoms with Gasteiger partial charge in [0.2, 0.25) is 5.89 Å². The van der Waals surface area contributed by atoms with Gasteiger partial charge in [-0.25, -0.2) is 0 Å². The number of aliphatic hydroxyl groups is 1. The van der Waals surface area contributed by atoms with Crippen molar-refractivity contribution in [2.24, 2.45) is 0 Å². The summed E-state index contributed by atoms with van der Waals surface area (Å²) >= 11 is 1.75. The first-order valence-corrected chi connectivity index (χ1v) is 6.39. The van der Waals surface area contributed by atoms with Gasteiger partial charge < -0.3 is 9.63 Å². The zero-order valence-electron chi connectivity index (χ0n) is 8.85. The third-order valence-corrected chi connectivity index (χ3v) is 3.67. The molecule has 84 valence electrons. The molecule has 4 nitrogen and oxygen atoms in total. The van der Waals surface area contributed by atoms with Crippen LogP contribution in [0.2, 0.25) is 0 Å². The fourth-order valence-electron chi connectivity index (χ4n) is 1.30. The van der Waals surface area contributed by atoms with Crippen molar-refractivity contribution in [1.29, 1.82) is 0 Å². The van der Waals surface area contributed by atoms with Crippen molar-refractivity contribution in [3.63, 3.8) is 0 Å². The summed E-state index contributed by atoms with van der Waals surface area (Å²) in [4.78, 5) is 4.34. The molecule has 5 heteroatoms. The molecule has 0 spiro atoms. The highest BCUT2D eigenvalue weighted by Gasteiger charge is 2.29. The molecule has 1 atom stereocenters. The largest absolute Gasteiger partial charge is 0.396 e. The minimum atomic E-state index is 0.244. The van der Waals surface area contributed by atoms with Gasteiger partial charge in [-0.3, -0.25) is 0 Å². The highest BCUT2D eigenvalue weighted by atomic mass is 32.2. The van der Waals surface area contributed by atoms with Gasteiger partial charge in [-0.15, -0.1) is 0 Å². The van der Waals surface area contributed by atoms with Gasteiger partial charge in [-0.05, 0) is 19.3 Å². The minimum absolute atomic E-state index is 0.244. The summed E-state index contributed by atoms with van der Waals surface area (Å²) in [6, 6.07) is 0. The lowest BCUT2D eigenvalue weighted by Gasteiger charge is -2.06. The maximum Gasteiger partial charge on any atom is 0.229 e. The van der Waals surface area contributed by atoms with E-state index in [0.29, 0.717) is 11.2 Å². The molecule has 1 heterocycles. The third kappa shape index (κ3) is 3.21. The zero-order valence-corrected chi connectivity index (χ0v) is 9.66. The van der Waals surface area contributed by atoms with Crippen LogP contribution in [0.15, 0.2) is 4.52 Å². The Morgan fingerprint density at radius 1 is 1.60 bits per heavy atom. The molecule has 0 aromatic carbocycles. The summed E-state index contributed by atoms with van der Waals surface area (Å²) in [5.74, 6) is 2.90. The molecule has 0 amide bonds. The van der Waals surface area contributed by atoms with Gasteiger partial charge in [0.05, 0.1) is 5.75 Å². The lowest BCUT2D eigenvalue weighted by Crippen LogP contribution is -2.00. The van der Waals surface area contributed by atoms with Gasteiger partial charge in [-0.2, -0.15) is 16.7 Å². The molecule has 1 aliphatic rings. The molecule has 0 bridgehead atoms. The van der Waals surface area contributed by atoms with Crippen LogP contribution in [0, 0.1) is 0 Å². The zero-order chi connectivity index (χ0) is 10.7. The first-order valence-electron chi connectivity index (χ1n) is 5.34. The molecule has 0 aliphatic heterocycles. The molecule has 15 heavy (non-hydrogen) atoms. The van der Waals surface area contributed by atoms with Crippen LogP contribution in [0.4, 0.5) is 0 Å². The first kappa shape index (κ1) is 11.0. The van der Waals surface area contributed by atoms with Crippen LogP contribution in [0.1, 0.15) is 43.8 Å². The van der Waals surface area contributed by atoms with Crippen LogP contribution in [-0.4, -0.2) is 27.1 Å². The van der Waals surface area contributed by atoms with Gasteiger partial charge >= 0.3 is 0 Å². The van der Waals surface area contributed by atoms with Crippen LogP contribution in [-0.2, 0) is 5.75 Å². The van der Waals surface area contributed by atoms with Crippen molar-refractivity contribution in [3.8, 4) is 0 Å². The Bertz CT molecular complexity index is 312. The monoisotopic (exact) mass is 228 g/mol. The van der Waals surface area contributed by atoms with Gasteiger partial charge in [0.25, 0.3) is 0 Å². The van der Waals surface area contributed by atoms with E-state index in [9.17, 15) is 0 Å². The fraction of sp³-hybridized carbons (Fsp3) is 0.800. The van der Waals surface area contributed by atoms with E-state index >= 15 is 0 Å². The van der Waals surface area contributed by atoms with Gasteiger partial charge in [0.1, 0.15) is 0 Å². The molecule has 1 fully saturated rings. The molecule has 0 saturated heterocycles. The second-order valence-corrected chi connectivity index (χ2v) is 5.38. The number of rotatable bonds is 6. The van der Waals surface area contributed by atoms with Crippen LogP contribution in [0.5, 0.6) is 0 Å². The van der Waals surface area contributed by atoms with E-state index in [1.165, 1.54) is 12.8 Å². The Balaban J connectivity index is 1.77. The SMILES string of the molecule is CC(CCO)SCc1noc(C2CC2)n1. The maximum absolute atomic E-state index is 8.76. The van der Waals surface area contributed by atoms with E-state index in [-0.39, 0.29) is 6.61 Å². The summed E-state index contributed by atoms with van der Waals surface area (Å²) in [5, 5.41) is 13.1. The molecule has 0 radical (unpaired) electrons. The average Bonchev–Trinajstić information content (AvgIpc) is 2.96. The van der Waals surface area contributed by atoms with Crippen molar-refractivity contribution in [1.82, 2.24) is 10.1 Å². The summed E-state index contributed by atoms with van der Waals surface area (Å²) in [5.41, 5.74) is 0. The summed E-state index contributed by atoms with van der Waals surface area (Å²) < 4.78 is 5.16. The Morgan fingerprint density at radius 3 is 3.07 bits per heavy atom. The minimum Gasteiger partial charge on any atom is -0.396 e. The number of nitrogens with zero attached hydrogens (tertiary/aromatic N) is 2. The van der Waals surface area contributed by atoms with Crippen LogP contribution < -0.4 is 0 Å². The quantitative estimate of drug-likeness (QED) is 0.806. The predicted molar refractivity (Wildman–Crippen MR) is 58.7 cm³/mol. The van der Waals surface area contributed by atoms with Crippen molar-refractivity contribution < 1.29 is 9.63 Å². The highest BCUT2D eigenvalue weighted by Crippen LogP contribution is 2.39. The fourth-order valence-corrected chi connectivity index (χ4v) is 2.13. The number of hydrogen-bond acceptors (Lipinski definition) is 5. The van der Waals surface area contributed by atoms with E-state index in [0.717, 1.165) is 23.9 Å². The number of hydrogen-bond donors (Lipinski definition) is 1. The standard InChI is InChI=1S/C10H16N2O2S/c1-7(4-5-13)15-6-9-11-10(14-12-9)8-2-3-8/h7-8,13H,2-6H2,1H3. The smallest absolute Gasteiger partial charge is 0.229 e. The van der Waals surface area contributed by atoms with Crippen molar-refractivity contribution in [3.05, 3.63) is 11.7 Å². The van der Waals surface area contributed by atoms with Crippen molar-refractivity contribution in [2.45, 2.75) is 43.1 Å². The Morgan fingerprint density at radius 2 is 2.40 bits per heavy atom. The maximum atomic E-state index is 8.76. The summed E-state index contributed by atoms with van der Waals surface area (Å²) in [6.45, 7) is 2.34. The van der Waals surface area contributed by atoms with E-state index in [4.69, 9.17) is 9.63 Å². The second kappa shape index (κ2) is 4.99. The van der Waals surface area contributed by atoms with E-state index in [1.54, 1.807) is 11.8 Å².